The van der Waals surface area contributed by atoms with E-state index in [-0.39, 0.29) is 5.56 Å². The SMILES string of the molecule is Cc1c(N=Cc2ccccc2)c(=O)n(-c2ccc(N(C)C)cc2)n1C. The van der Waals surface area contributed by atoms with Crippen LogP contribution in [0.2, 0.25) is 0 Å². The molecule has 0 aliphatic carbocycles. The molecule has 25 heavy (non-hydrogen) atoms. The summed E-state index contributed by atoms with van der Waals surface area (Å²) in [7, 11) is 5.85. The third-order valence-corrected chi connectivity index (χ3v) is 4.28. The lowest BCUT2D eigenvalue weighted by Gasteiger charge is -2.13. The van der Waals surface area contributed by atoms with Crippen molar-refractivity contribution in [2.75, 3.05) is 19.0 Å². The molecule has 0 atom stereocenters. The van der Waals surface area contributed by atoms with Gasteiger partial charge in [-0.3, -0.25) is 9.48 Å². The molecule has 0 spiro atoms. The summed E-state index contributed by atoms with van der Waals surface area (Å²) < 4.78 is 3.48. The number of nitrogens with zero attached hydrogens (tertiary/aromatic N) is 4. The molecule has 0 N–H and O–H groups in total. The Bertz CT molecular complexity index is 948. The lowest BCUT2D eigenvalue weighted by molar-refractivity contribution is 0.630. The monoisotopic (exact) mass is 334 g/mol. The number of rotatable bonds is 4. The van der Waals surface area contributed by atoms with Gasteiger partial charge in [-0.25, -0.2) is 9.67 Å². The van der Waals surface area contributed by atoms with Crippen molar-refractivity contribution >= 4 is 17.6 Å². The minimum atomic E-state index is -0.121. The van der Waals surface area contributed by atoms with Gasteiger partial charge in [0.1, 0.15) is 0 Å². The first-order valence-electron chi connectivity index (χ1n) is 8.14. The predicted octanol–water partition coefficient (Wildman–Crippen LogP) is 3.30. The van der Waals surface area contributed by atoms with Crippen LogP contribution in [0.3, 0.4) is 0 Å². The van der Waals surface area contributed by atoms with Crippen LogP contribution >= 0.6 is 0 Å². The molecule has 0 bridgehead atoms. The zero-order valence-electron chi connectivity index (χ0n) is 15.0. The topological polar surface area (TPSA) is 42.5 Å². The Morgan fingerprint density at radius 3 is 2.24 bits per heavy atom. The molecule has 2 aromatic carbocycles. The maximum atomic E-state index is 12.9. The minimum absolute atomic E-state index is 0.121. The second kappa shape index (κ2) is 6.81. The fourth-order valence-corrected chi connectivity index (χ4v) is 2.70. The average molecular weight is 334 g/mol. The van der Waals surface area contributed by atoms with Gasteiger partial charge in [-0.2, -0.15) is 0 Å². The van der Waals surface area contributed by atoms with Crippen LogP contribution in [-0.4, -0.2) is 29.7 Å². The Labute approximate surface area is 147 Å². The van der Waals surface area contributed by atoms with Crippen molar-refractivity contribution < 1.29 is 0 Å². The molecule has 0 saturated carbocycles. The summed E-state index contributed by atoms with van der Waals surface area (Å²) in [5.74, 6) is 0. The number of aromatic nitrogens is 2. The minimum Gasteiger partial charge on any atom is -0.378 e. The van der Waals surface area contributed by atoms with Crippen molar-refractivity contribution in [3.8, 4) is 5.69 Å². The van der Waals surface area contributed by atoms with Crippen molar-refractivity contribution in [2.24, 2.45) is 12.0 Å². The second-order valence-corrected chi connectivity index (χ2v) is 6.15. The van der Waals surface area contributed by atoms with Crippen molar-refractivity contribution in [3.63, 3.8) is 0 Å². The van der Waals surface area contributed by atoms with E-state index in [4.69, 9.17) is 0 Å². The van der Waals surface area contributed by atoms with Crippen molar-refractivity contribution in [1.29, 1.82) is 0 Å². The van der Waals surface area contributed by atoms with Gasteiger partial charge in [0.15, 0.2) is 5.69 Å². The molecule has 1 aromatic heterocycles. The number of aliphatic imine (C=N–C) groups is 1. The summed E-state index contributed by atoms with van der Waals surface area (Å²) in [4.78, 5) is 19.3. The largest absolute Gasteiger partial charge is 0.378 e. The summed E-state index contributed by atoms with van der Waals surface area (Å²) in [5.41, 5.74) is 4.04. The molecular weight excluding hydrogens is 312 g/mol. The van der Waals surface area contributed by atoms with Crippen LogP contribution in [0.25, 0.3) is 5.69 Å². The molecule has 5 nitrogen and oxygen atoms in total. The summed E-state index contributed by atoms with van der Waals surface area (Å²) in [6, 6.07) is 17.7. The highest BCUT2D eigenvalue weighted by atomic mass is 16.1. The quantitative estimate of drug-likeness (QED) is 0.687. The van der Waals surface area contributed by atoms with Gasteiger partial charge in [0.2, 0.25) is 0 Å². The summed E-state index contributed by atoms with van der Waals surface area (Å²) in [6.45, 7) is 1.91. The Kier molecular flexibility index (Phi) is 4.57. The first-order valence-corrected chi connectivity index (χ1v) is 8.14. The summed E-state index contributed by atoms with van der Waals surface area (Å²) in [6.07, 6.45) is 1.73. The van der Waals surface area contributed by atoms with E-state index in [1.807, 2.05) is 92.2 Å². The summed E-state index contributed by atoms with van der Waals surface area (Å²) in [5, 5.41) is 0. The van der Waals surface area contributed by atoms with E-state index in [1.165, 1.54) is 0 Å². The maximum Gasteiger partial charge on any atom is 0.297 e. The lowest BCUT2D eigenvalue weighted by atomic mass is 10.2. The Hall–Kier alpha value is -3.08. The first kappa shape index (κ1) is 16.8. The number of benzene rings is 2. The fraction of sp³-hybridized carbons (Fsp3) is 0.200. The molecule has 0 saturated heterocycles. The molecule has 0 radical (unpaired) electrons. The van der Waals surface area contributed by atoms with Crippen LogP contribution in [0, 0.1) is 6.92 Å². The molecular formula is C20H22N4O. The molecule has 0 aliphatic heterocycles. The normalized spacial score (nSPS) is 11.2. The van der Waals surface area contributed by atoms with E-state index in [0.717, 1.165) is 22.6 Å². The van der Waals surface area contributed by atoms with E-state index < -0.39 is 0 Å². The maximum absolute atomic E-state index is 12.9. The van der Waals surface area contributed by atoms with Gasteiger partial charge in [-0.15, -0.1) is 0 Å². The van der Waals surface area contributed by atoms with E-state index in [2.05, 4.69) is 4.99 Å². The fourth-order valence-electron chi connectivity index (χ4n) is 2.70. The summed E-state index contributed by atoms with van der Waals surface area (Å²) >= 11 is 0. The smallest absolute Gasteiger partial charge is 0.297 e. The third-order valence-electron chi connectivity index (χ3n) is 4.28. The standard InChI is InChI=1S/C20H22N4O/c1-15-19(21-14-16-8-6-5-7-9-16)20(25)24(23(15)4)18-12-10-17(11-13-18)22(2)3/h5-14H,1-4H3. The van der Waals surface area contributed by atoms with Crippen molar-refractivity contribution in [1.82, 2.24) is 9.36 Å². The highest BCUT2D eigenvalue weighted by molar-refractivity contribution is 5.82. The van der Waals surface area contributed by atoms with Crippen LogP contribution < -0.4 is 10.5 Å². The third kappa shape index (κ3) is 3.26. The van der Waals surface area contributed by atoms with Gasteiger partial charge in [-0.1, -0.05) is 30.3 Å². The van der Waals surface area contributed by atoms with Gasteiger partial charge < -0.3 is 4.90 Å². The highest BCUT2D eigenvalue weighted by Gasteiger charge is 2.15. The van der Waals surface area contributed by atoms with Crippen LogP contribution in [0.15, 0.2) is 64.4 Å². The molecule has 0 unspecified atom stereocenters. The molecule has 5 heteroatoms. The van der Waals surface area contributed by atoms with E-state index in [9.17, 15) is 4.79 Å². The molecule has 128 valence electrons. The van der Waals surface area contributed by atoms with E-state index in [0.29, 0.717) is 5.69 Å². The molecule has 1 heterocycles. The van der Waals surface area contributed by atoms with Crippen LogP contribution in [0.1, 0.15) is 11.3 Å². The Morgan fingerprint density at radius 2 is 1.64 bits per heavy atom. The van der Waals surface area contributed by atoms with Gasteiger partial charge in [0, 0.05) is 33.0 Å². The van der Waals surface area contributed by atoms with Crippen molar-refractivity contribution in [3.05, 3.63) is 76.2 Å². The van der Waals surface area contributed by atoms with E-state index >= 15 is 0 Å². The number of hydrogen-bond donors (Lipinski definition) is 0. The molecule has 0 fully saturated rings. The predicted molar refractivity (Wildman–Crippen MR) is 104 cm³/mol. The van der Waals surface area contributed by atoms with Gasteiger partial charge >= 0.3 is 0 Å². The molecule has 3 aromatic rings. The molecule has 0 amide bonds. The van der Waals surface area contributed by atoms with Gasteiger partial charge in [0.25, 0.3) is 5.56 Å². The van der Waals surface area contributed by atoms with Gasteiger partial charge in [-0.05, 0) is 36.8 Å². The Balaban J connectivity index is 2.02. The molecule has 3 rings (SSSR count). The van der Waals surface area contributed by atoms with E-state index in [1.54, 1.807) is 10.9 Å². The average Bonchev–Trinajstić information content (AvgIpc) is 2.83. The van der Waals surface area contributed by atoms with Crippen LogP contribution in [-0.2, 0) is 7.05 Å². The zero-order chi connectivity index (χ0) is 18.0. The molecule has 0 aliphatic rings. The van der Waals surface area contributed by atoms with Crippen LogP contribution in [0.5, 0.6) is 0 Å². The number of anilines is 1. The highest BCUT2D eigenvalue weighted by Crippen LogP contribution is 2.19. The second-order valence-electron chi connectivity index (χ2n) is 6.15. The zero-order valence-corrected chi connectivity index (χ0v) is 15.0. The Morgan fingerprint density at radius 1 is 1.00 bits per heavy atom. The van der Waals surface area contributed by atoms with Crippen LogP contribution in [0.4, 0.5) is 11.4 Å². The lowest BCUT2D eigenvalue weighted by Crippen LogP contribution is -2.19. The number of hydrogen-bond acceptors (Lipinski definition) is 3. The van der Waals surface area contributed by atoms with Crippen molar-refractivity contribution in [2.45, 2.75) is 6.92 Å². The van der Waals surface area contributed by atoms with Gasteiger partial charge in [0.05, 0.1) is 11.4 Å². The first-order chi connectivity index (χ1) is 12.0.